The SMILES string of the molecule is CC(=O)Nc1ccccc1OC[C@@H](O)CN1CCC2(CC1)OCc1ccc(Cl)cc12. The van der Waals surface area contributed by atoms with Gasteiger partial charge in [-0.05, 0) is 48.2 Å². The molecule has 2 aliphatic rings. The quantitative estimate of drug-likeness (QED) is 0.733. The van der Waals surface area contributed by atoms with Crippen molar-refractivity contribution in [2.24, 2.45) is 0 Å². The van der Waals surface area contributed by atoms with E-state index in [0.717, 1.165) is 31.0 Å². The van der Waals surface area contributed by atoms with Gasteiger partial charge in [-0.2, -0.15) is 0 Å². The molecule has 0 aliphatic carbocycles. The highest BCUT2D eigenvalue weighted by Gasteiger charge is 2.42. The normalized spacial score (nSPS) is 18.8. The lowest BCUT2D eigenvalue weighted by Gasteiger charge is -2.39. The molecule has 1 spiro atoms. The summed E-state index contributed by atoms with van der Waals surface area (Å²) in [6.45, 7) is 4.46. The molecule has 2 aromatic carbocycles. The zero-order valence-corrected chi connectivity index (χ0v) is 17.8. The Balaban J connectivity index is 1.29. The number of para-hydroxylation sites is 2. The maximum atomic E-state index is 11.3. The number of aliphatic hydroxyl groups is 1. The second-order valence-corrected chi connectivity index (χ2v) is 8.46. The number of fused-ring (bicyclic) bond motifs is 2. The highest BCUT2D eigenvalue weighted by atomic mass is 35.5. The largest absolute Gasteiger partial charge is 0.489 e. The van der Waals surface area contributed by atoms with E-state index in [1.165, 1.54) is 18.1 Å². The summed E-state index contributed by atoms with van der Waals surface area (Å²) in [5.41, 5.74) is 2.79. The van der Waals surface area contributed by atoms with Crippen LogP contribution in [0.2, 0.25) is 5.02 Å². The van der Waals surface area contributed by atoms with E-state index in [9.17, 15) is 9.90 Å². The minimum Gasteiger partial charge on any atom is -0.489 e. The van der Waals surface area contributed by atoms with Gasteiger partial charge in [-0.25, -0.2) is 0 Å². The predicted octanol–water partition coefficient (Wildman–Crippen LogP) is 3.56. The molecule has 1 fully saturated rings. The summed E-state index contributed by atoms with van der Waals surface area (Å²) in [7, 11) is 0. The van der Waals surface area contributed by atoms with Crippen molar-refractivity contribution in [2.75, 3.05) is 31.6 Å². The lowest BCUT2D eigenvalue weighted by atomic mass is 9.84. The number of β-amino-alcohol motifs (C(OH)–C–C–N with tert-alkyl or cyclic N) is 1. The number of benzene rings is 2. The third-order valence-corrected chi connectivity index (χ3v) is 6.06. The summed E-state index contributed by atoms with van der Waals surface area (Å²) in [4.78, 5) is 13.6. The smallest absolute Gasteiger partial charge is 0.221 e. The fourth-order valence-electron chi connectivity index (χ4n) is 4.32. The van der Waals surface area contributed by atoms with E-state index in [2.05, 4.69) is 16.3 Å². The number of nitrogens with zero attached hydrogens (tertiary/aromatic N) is 1. The summed E-state index contributed by atoms with van der Waals surface area (Å²) >= 11 is 6.21. The van der Waals surface area contributed by atoms with Gasteiger partial charge in [0, 0.05) is 31.6 Å². The van der Waals surface area contributed by atoms with Gasteiger partial charge in [0.15, 0.2) is 0 Å². The topological polar surface area (TPSA) is 71.0 Å². The van der Waals surface area contributed by atoms with Crippen molar-refractivity contribution in [2.45, 2.75) is 38.1 Å². The average molecular weight is 431 g/mol. The molecule has 0 saturated carbocycles. The van der Waals surface area contributed by atoms with Gasteiger partial charge in [-0.15, -0.1) is 0 Å². The Hall–Kier alpha value is -2.12. The van der Waals surface area contributed by atoms with Crippen molar-refractivity contribution in [1.29, 1.82) is 0 Å². The zero-order chi connectivity index (χ0) is 21.1. The van der Waals surface area contributed by atoms with Crippen molar-refractivity contribution in [3.63, 3.8) is 0 Å². The first-order valence-corrected chi connectivity index (χ1v) is 10.7. The van der Waals surface area contributed by atoms with Gasteiger partial charge in [-0.1, -0.05) is 29.8 Å². The Morgan fingerprint density at radius 3 is 2.83 bits per heavy atom. The highest BCUT2D eigenvalue weighted by Crippen LogP contribution is 2.44. The average Bonchev–Trinajstić information content (AvgIpc) is 3.06. The van der Waals surface area contributed by atoms with E-state index < -0.39 is 6.10 Å². The molecular weight excluding hydrogens is 404 g/mol. The molecule has 0 unspecified atom stereocenters. The Bertz CT molecular complexity index is 912. The van der Waals surface area contributed by atoms with E-state index in [-0.39, 0.29) is 18.1 Å². The summed E-state index contributed by atoms with van der Waals surface area (Å²) in [6, 6.07) is 13.2. The van der Waals surface area contributed by atoms with Gasteiger partial charge >= 0.3 is 0 Å². The minimum absolute atomic E-state index is 0.160. The number of ether oxygens (including phenoxy) is 2. The number of likely N-dealkylation sites (tertiary alicyclic amines) is 1. The van der Waals surface area contributed by atoms with Crippen LogP contribution in [0.25, 0.3) is 0 Å². The first-order valence-electron chi connectivity index (χ1n) is 10.3. The van der Waals surface area contributed by atoms with Gasteiger partial charge < -0.3 is 24.8 Å². The number of amides is 1. The van der Waals surface area contributed by atoms with Crippen LogP contribution in [0.4, 0.5) is 5.69 Å². The molecule has 160 valence electrons. The highest BCUT2D eigenvalue weighted by molar-refractivity contribution is 6.30. The lowest BCUT2D eigenvalue weighted by molar-refractivity contribution is -0.114. The van der Waals surface area contributed by atoms with Gasteiger partial charge in [0.1, 0.15) is 18.5 Å². The molecule has 2 heterocycles. The molecular formula is C23H27ClN2O4. The van der Waals surface area contributed by atoms with E-state index >= 15 is 0 Å². The van der Waals surface area contributed by atoms with E-state index in [1.54, 1.807) is 12.1 Å². The maximum absolute atomic E-state index is 11.3. The Labute approximate surface area is 181 Å². The van der Waals surface area contributed by atoms with E-state index in [0.29, 0.717) is 24.6 Å². The Morgan fingerprint density at radius 2 is 2.07 bits per heavy atom. The van der Waals surface area contributed by atoms with Crippen molar-refractivity contribution in [3.05, 3.63) is 58.6 Å². The monoisotopic (exact) mass is 430 g/mol. The number of nitrogens with one attached hydrogen (secondary N) is 1. The molecule has 6 nitrogen and oxygen atoms in total. The van der Waals surface area contributed by atoms with Crippen LogP contribution in [0.15, 0.2) is 42.5 Å². The molecule has 30 heavy (non-hydrogen) atoms. The third-order valence-electron chi connectivity index (χ3n) is 5.83. The summed E-state index contributed by atoms with van der Waals surface area (Å²) in [5, 5.41) is 14.0. The number of halogens is 1. The molecule has 7 heteroatoms. The van der Waals surface area contributed by atoms with Crippen LogP contribution in [-0.4, -0.2) is 48.3 Å². The van der Waals surface area contributed by atoms with Gasteiger partial charge in [0.2, 0.25) is 5.91 Å². The number of aliphatic hydroxyl groups excluding tert-OH is 1. The summed E-state index contributed by atoms with van der Waals surface area (Å²) in [6.07, 6.45) is 1.12. The number of rotatable bonds is 6. The Morgan fingerprint density at radius 1 is 1.30 bits per heavy atom. The van der Waals surface area contributed by atoms with Crippen molar-refractivity contribution in [3.8, 4) is 5.75 Å². The fraction of sp³-hybridized carbons (Fsp3) is 0.435. The number of hydrogen-bond donors (Lipinski definition) is 2. The van der Waals surface area contributed by atoms with Crippen LogP contribution in [0.3, 0.4) is 0 Å². The summed E-state index contributed by atoms with van der Waals surface area (Å²) in [5.74, 6) is 0.392. The number of carbonyl (C=O) groups excluding carboxylic acids is 1. The van der Waals surface area contributed by atoms with E-state index in [4.69, 9.17) is 21.1 Å². The van der Waals surface area contributed by atoms with Crippen LogP contribution >= 0.6 is 11.6 Å². The van der Waals surface area contributed by atoms with Gasteiger partial charge in [0.05, 0.1) is 17.9 Å². The number of carbonyl (C=O) groups is 1. The number of piperidine rings is 1. The zero-order valence-electron chi connectivity index (χ0n) is 17.1. The van der Waals surface area contributed by atoms with Crippen LogP contribution in [0.1, 0.15) is 30.9 Å². The first-order chi connectivity index (χ1) is 14.4. The second kappa shape index (κ2) is 8.94. The molecule has 1 amide bonds. The Kier molecular flexibility index (Phi) is 6.29. The molecule has 0 bridgehead atoms. The standard InChI is InChI=1S/C23H27ClN2O4/c1-16(27)25-21-4-2-3-5-22(21)29-15-19(28)13-26-10-8-23(9-11-26)20-12-18(24)7-6-17(20)14-30-23/h2-7,12,19,28H,8-11,13-15H2,1H3,(H,25,27)/t19-/m0/s1. The van der Waals surface area contributed by atoms with Crippen LogP contribution < -0.4 is 10.1 Å². The van der Waals surface area contributed by atoms with Crippen LogP contribution in [0, 0.1) is 0 Å². The molecule has 2 aromatic rings. The van der Waals surface area contributed by atoms with Crippen LogP contribution in [0.5, 0.6) is 5.75 Å². The second-order valence-electron chi connectivity index (χ2n) is 8.03. The predicted molar refractivity (Wildman–Crippen MR) is 116 cm³/mol. The number of anilines is 1. The van der Waals surface area contributed by atoms with Crippen molar-refractivity contribution >= 4 is 23.2 Å². The minimum atomic E-state index is -0.629. The van der Waals surface area contributed by atoms with Gasteiger partial charge in [0.25, 0.3) is 0 Å². The molecule has 2 N–H and O–H groups in total. The lowest BCUT2D eigenvalue weighted by Crippen LogP contribution is -2.46. The molecule has 2 aliphatic heterocycles. The molecule has 1 saturated heterocycles. The number of hydrogen-bond acceptors (Lipinski definition) is 5. The molecule has 4 rings (SSSR count). The fourth-order valence-corrected chi connectivity index (χ4v) is 4.50. The summed E-state index contributed by atoms with van der Waals surface area (Å²) < 4.78 is 12.0. The van der Waals surface area contributed by atoms with Crippen molar-refractivity contribution in [1.82, 2.24) is 4.90 Å². The van der Waals surface area contributed by atoms with Crippen LogP contribution in [-0.2, 0) is 21.7 Å². The van der Waals surface area contributed by atoms with E-state index in [1.807, 2.05) is 24.3 Å². The molecule has 0 aromatic heterocycles. The van der Waals surface area contributed by atoms with Gasteiger partial charge in [-0.3, -0.25) is 4.79 Å². The molecule has 0 radical (unpaired) electrons. The third kappa shape index (κ3) is 4.62. The maximum Gasteiger partial charge on any atom is 0.221 e. The first kappa shape index (κ1) is 21.1. The van der Waals surface area contributed by atoms with Crippen molar-refractivity contribution < 1.29 is 19.4 Å². The molecule has 1 atom stereocenters.